The van der Waals surface area contributed by atoms with Crippen molar-refractivity contribution < 1.29 is 19.4 Å². The zero-order chi connectivity index (χ0) is 18.4. The highest BCUT2D eigenvalue weighted by molar-refractivity contribution is 5.89. The standard InChI is InChI=1S/C20H24N2O4/c1-25-18-4-2-3-5-19(18)26-17-8-6-16(7-9-17)21-20(24)22-12-10-15(14-23)11-13-22/h2-9,15,23H,10-14H2,1H3,(H,21,24). The molecule has 2 aromatic carbocycles. The van der Waals surface area contributed by atoms with E-state index in [2.05, 4.69) is 5.32 Å². The lowest BCUT2D eigenvalue weighted by molar-refractivity contribution is 0.143. The van der Waals surface area contributed by atoms with Crippen molar-refractivity contribution in [2.24, 2.45) is 5.92 Å². The fourth-order valence-corrected chi connectivity index (χ4v) is 2.96. The SMILES string of the molecule is COc1ccccc1Oc1ccc(NC(=O)N2CCC(CO)CC2)cc1. The summed E-state index contributed by atoms with van der Waals surface area (Å²) in [6.45, 7) is 1.54. The van der Waals surface area contributed by atoms with Gasteiger partial charge in [-0.25, -0.2) is 4.79 Å². The van der Waals surface area contributed by atoms with E-state index in [4.69, 9.17) is 9.47 Å². The lowest BCUT2D eigenvalue weighted by Crippen LogP contribution is -2.41. The Bertz CT molecular complexity index is 725. The Morgan fingerprint density at radius 2 is 1.77 bits per heavy atom. The Morgan fingerprint density at radius 1 is 1.12 bits per heavy atom. The van der Waals surface area contributed by atoms with Gasteiger partial charge < -0.3 is 24.8 Å². The maximum Gasteiger partial charge on any atom is 0.321 e. The van der Waals surface area contributed by atoms with Crippen molar-refractivity contribution in [1.29, 1.82) is 0 Å². The molecule has 138 valence electrons. The summed E-state index contributed by atoms with van der Waals surface area (Å²) in [5, 5.41) is 12.1. The minimum atomic E-state index is -0.111. The molecular weight excluding hydrogens is 332 g/mol. The van der Waals surface area contributed by atoms with Crippen LogP contribution >= 0.6 is 0 Å². The number of methoxy groups -OCH3 is 1. The molecule has 2 aromatic rings. The van der Waals surface area contributed by atoms with Gasteiger partial charge in [-0.1, -0.05) is 12.1 Å². The van der Waals surface area contributed by atoms with Gasteiger partial charge in [0.15, 0.2) is 11.5 Å². The molecule has 0 saturated carbocycles. The number of piperidine rings is 1. The molecule has 1 aliphatic rings. The van der Waals surface area contributed by atoms with Crippen LogP contribution in [0.1, 0.15) is 12.8 Å². The largest absolute Gasteiger partial charge is 0.493 e. The lowest BCUT2D eigenvalue weighted by atomic mass is 9.98. The Labute approximate surface area is 153 Å². The van der Waals surface area contributed by atoms with Crippen molar-refractivity contribution in [1.82, 2.24) is 4.90 Å². The van der Waals surface area contributed by atoms with E-state index in [1.54, 1.807) is 24.1 Å². The van der Waals surface area contributed by atoms with Crippen LogP contribution in [0.3, 0.4) is 0 Å². The first-order valence-corrected chi connectivity index (χ1v) is 8.77. The van der Waals surface area contributed by atoms with Crippen LogP contribution in [-0.4, -0.2) is 42.8 Å². The summed E-state index contributed by atoms with van der Waals surface area (Å²) in [7, 11) is 1.60. The number of nitrogens with one attached hydrogen (secondary N) is 1. The highest BCUT2D eigenvalue weighted by atomic mass is 16.5. The maximum atomic E-state index is 12.3. The third-order valence-electron chi connectivity index (χ3n) is 4.56. The summed E-state index contributed by atoms with van der Waals surface area (Å²) in [6, 6.07) is 14.6. The number of nitrogens with zero attached hydrogens (tertiary/aromatic N) is 1. The molecule has 2 N–H and O–H groups in total. The van der Waals surface area contributed by atoms with Gasteiger partial charge in [-0.15, -0.1) is 0 Å². The number of urea groups is 1. The molecule has 0 aromatic heterocycles. The topological polar surface area (TPSA) is 71.0 Å². The molecule has 1 saturated heterocycles. The number of rotatable bonds is 5. The van der Waals surface area contributed by atoms with Crippen LogP contribution in [0.4, 0.5) is 10.5 Å². The summed E-state index contributed by atoms with van der Waals surface area (Å²) in [5.41, 5.74) is 0.714. The van der Waals surface area contributed by atoms with Crippen LogP contribution in [0.2, 0.25) is 0 Å². The molecule has 26 heavy (non-hydrogen) atoms. The van der Waals surface area contributed by atoms with Gasteiger partial charge >= 0.3 is 6.03 Å². The number of aliphatic hydroxyl groups is 1. The van der Waals surface area contributed by atoms with Crippen molar-refractivity contribution in [2.75, 3.05) is 32.1 Å². The summed E-state index contributed by atoms with van der Waals surface area (Å²) in [6.07, 6.45) is 1.69. The van der Waals surface area contributed by atoms with Crippen molar-refractivity contribution in [3.8, 4) is 17.2 Å². The van der Waals surface area contributed by atoms with Gasteiger partial charge in [0.2, 0.25) is 0 Å². The van der Waals surface area contributed by atoms with Crippen molar-refractivity contribution in [3.63, 3.8) is 0 Å². The number of anilines is 1. The zero-order valence-electron chi connectivity index (χ0n) is 14.9. The van der Waals surface area contributed by atoms with Gasteiger partial charge in [0.25, 0.3) is 0 Å². The average Bonchev–Trinajstić information content (AvgIpc) is 2.70. The molecule has 3 rings (SSSR count). The van der Waals surface area contributed by atoms with Gasteiger partial charge in [-0.2, -0.15) is 0 Å². The number of likely N-dealkylation sites (tertiary alicyclic amines) is 1. The molecule has 0 spiro atoms. The Kier molecular flexibility index (Phi) is 5.96. The highest BCUT2D eigenvalue weighted by Gasteiger charge is 2.22. The Balaban J connectivity index is 1.57. The minimum absolute atomic E-state index is 0.111. The van der Waals surface area contributed by atoms with Crippen LogP contribution in [0.5, 0.6) is 17.2 Å². The molecule has 1 heterocycles. The fourth-order valence-electron chi connectivity index (χ4n) is 2.96. The van der Waals surface area contributed by atoms with E-state index in [0.29, 0.717) is 41.9 Å². The van der Waals surface area contributed by atoms with Gasteiger partial charge in [0.05, 0.1) is 7.11 Å². The second-order valence-electron chi connectivity index (χ2n) is 6.32. The number of amides is 2. The van der Waals surface area contributed by atoms with E-state index in [9.17, 15) is 9.90 Å². The molecule has 0 radical (unpaired) electrons. The van der Waals surface area contributed by atoms with Crippen LogP contribution in [0.25, 0.3) is 0 Å². The van der Waals surface area contributed by atoms with Gasteiger partial charge in [0.1, 0.15) is 5.75 Å². The number of carbonyl (C=O) groups excluding carboxylic acids is 1. The van der Waals surface area contributed by atoms with E-state index in [1.165, 1.54) is 0 Å². The molecule has 0 atom stereocenters. The van der Waals surface area contributed by atoms with Crippen molar-refractivity contribution in [2.45, 2.75) is 12.8 Å². The molecule has 0 bridgehead atoms. The number of para-hydroxylation sites is 2. The summed E-state index contributed by atoms with van der Waals surface area (Å²) in [4.78, 5) is 14.1. The summed E-state index contributed by atoms with van der Waals surface area (Å²) >= 11 is 0. The van der Waals surface area contributed by atoms with Crippen LogP contribution < -0.4 is 14.8 Å². The minimum Gasteiger partial charge on any atom is -0.493 e. The molecule has 6 heteroatoms. The lowest BCUT2D eigenvalue weighted by Gasteiger charge is -2.31. The van der Waals surface area contributed by atoms with Crippen LogP contribution in [-0.2, 0) is 0 Å². The first kappa shape index (κ1) is 18.1. The van der Waals surface area contributed by atoms with E-state index < -0.39 is 0 Å². The molecule has 2 amide bonds. The number of hydrogen-bond acceptors (Lipinski definition) is 4. The summed E-state index contributed by atoms with van der Waals surface area (Å²) in [5.74, 6) is 2.27. The third kappa shape index (κ3) is 4.46. The van der Waals surface area contributed by atoms with Gasteiger partial charge in [-0.05, 0) is 55.2 Å². The molecular formula is C20H24N2O4. The Morgan fingerprint density at radius 3 is 2.38 bits per heavy atom. The van der Waals surface area contributed by atoms with E-state index in [0.717, 1.165) is 12.8 Å². The fraction of sp³-hybridized carbons (Fsp3) is 0.350. The number of benzene rings is 2. The van der Waals surface area contributed by atoms with Crippen LogP contribution in [0, 0.1) is 5.92 Å². The van der Waals surface area contributed by atoms with E-state index in [-0.39, 0.29) is 12.6 Å². The first-order valence-electron chi connectivity index (χ1n) is 8.77. The first-order chi connectivity index (χ1) is 12.7. The summed E-state index contributed by atoms with van der Waals surface area (Å²) < 4.78 is 11.1. The number of aliphatic hydroxyl groups excluding tert-OH is 1. The molecule has 6 nitrogen and oxygen atoms in total. The smallest absolute Gasteiger partial charge is 0.321 e. The predicted octanol–water partition coefficient (Wildman–Crippen LogP) is 3.72. The second kappa shape index (κ2) is 8.58. The molecule has 0 aliphatic carbocycles. The van der Waals surface area contributed by atoms with Gasteiger partial charge in [-0.3, -0.25) is 0 Å². The van der Waals surface area contributed by atoms with Crippen molar-refractivity contribution in [3.05, 3.63) is 48.5 Å². The molecule has 1 aliphatic heterocycles. The second-order valence-corrected chi connectivity index (χ2v) is 6.32. The maximum absolute atomic E-state index is 12.3. The van der Waals surface area contributed by atoms with Crippen LogP contribution in [0.15, 0.2) is 48.5 Å². The normalized spacial score (nSPS) is 14.8. The number of carbonyl (C=O) groups is 1. The quantitative estimate of drug-likeness (QED) is 0.856. The van der Waals surface area contributed by atoms with Gasteiger partial charge in [0, 0.05) is 25.4 Å². The zero-order valence-corrected chi connectivity index (χ0v) is 14.9. The third-order valence-corrected chi connectivity index (χ3v) is 4.56. The number of ether oxygens (including phenoxy) is 2. The number of hydrogen-bond donors (Lipinski definition) is 2. The predicted molar refractivity (Wildman–Crippen MR) is 99.9 cm³/mol. The van der Waals surface area contributed by atoms with Crippen molar-refractivity contribution >= 4 is 11.7 Å². The average molecular weight is 356 g/mol. The molecule has 0 unspecified atom stereocenters. The molecule has 1 fully saturated rings. The van der Waals surface area contributed by atoms with E-state index in [1.807, 2.05) is 36.4 Å². The Hall–Kier alpha value is -2.73. The highest BCUT2D eigenvalue weighted by Crippen LogP contribution is 2.31. The monoisotopic (exact) mass is 356 g/mol. The van der Waals surface area contributed by atoms with E-state index >= 15 is 0 Å².